The van der Waals surface area contributed by atoms with Crippen LogP contribution in [0.1, 0.15) is 5.56 Å². The van der Waals surface area contributed by atoms with Crippen LogP contribution in [-0.2, 0) is 10.0 Å². The largest absolute Gasteiger partial charge is 0.496 e. The predicted molar refractivity (Wildman–Crippen MR) is 114 cm³/mol. The molecule has 2 heterocycles. The zero-order valence-corrected chi connectivity index (χ0v) is 16.7. The van der Waals surface area contributed by atoms with E-state index in [9.17, 15) is 8.42 Å². The Labute approximate surface area is 165 Å². The first-order valence-corrected chi connectivity index (χ1v) is 10.3. The molecule has 0 bridgehead atoms. The fourth-order valence-corrected chi connectivity index (χ4v) is 4.60. The van der Waals surface area contributed by atoms with Crippen molar-refractivity contribution in [2.45, 2.75) is 11.8 Å². The Morgan fingerprint density at radius 3 is 2.46 bits per heavy atom. The van der Waals surface area contributed by atoms with Crippen LogP contribution in [0.2, 0.25) is 0 Å². The number of ether oxygens (including phenoxy) is 1. The summed E-state index contributed by atoms with van der Waals surface area (Å²) in [4.78, 5) is 4.66. The minimum absolute atomic E-state index is 0.226. The van der Waals surface area contributed by atoms with Crippen molar-refractivity contribution in [2.75, 3.05) is 7.11 Å². The van der Waals surface area contributed by atoms with E-state index in [1.54, 1.807) is 43.8 Å². The van der Waals surface area contributed by atoms with Crippen molar-refractivity contribution in [2.24, 2.45) is 0 Å². The standard InChI is InChI=1S/C21H19BN2O3S/c1-14-7-9-16(10-8-14)28(25,26)24-13-19(17-5-3-4-6-20(17)27-2)18-11-15(22)12-23-21(18)24/h3-13H,22H2,1-2H3. The van der Waals surface area contributed by atoms with Crippen LogP contribution in [-0.4, -0.2) is 32.3 Å². The number of para-hydroxylation sites is 1. The molecule has 0 saturated carbocycles. The number of rotatable bonds is 4. The number of hydrogen-bond donors (Lipinski definition) is 0. The molecule has 0 radical (unpaired) electrons. The summed E-state index contributed by atoms with van der Waals surface area (Å²) in [5.74, 6) is 0.677. The summed E-state index contributed by atoms with van der Waals surface area (Å²) in [6, 6.07) is 16.3. The molecule has 28 heavy (non-hydrogen) atoms. The lowest BCUT2D eigenvalue weighted by atomic mass is 9.96. The van der Waals surface area contributed by atoms with Gasteiger partial charge < -0.3 is 4.74 Å². The van der Waals surface area contributed by atoms with E-state index < -0.39 is 10.0 Å². The topological polar surface area (TPSA) is 61.2 Å². The average Bonchev–Trinajstić information content (AvgIpc) is 3.07. The molecular formula is C21H19BN2O3S. The fraction of sp³-hybridized carbons (Fsp3) is 0.0952. The van der Waals surface area contributed by atoms with Crippen LogP contribution in [0.5, 0.6) is 5.75 Å². The smallest absolute Gasteiger partial charge is 0.269 e. The molecule has 2 aromatic carbocycles. The third kappa shape index (κ3) is 2.97. The summed E-state index contributed by atoms with van der Waals surface area (Å²) < 4.78 is 33.4. The Bertz CT molecular complexity index is 1280. The van der Waals surface area contributed by atoms with Gasteiger partial charge in [0.15, 0.2) is 5.65 Å². The van der Waals surface area contributed by atoms with Gasteiger partial charge in [-0.3, -0.25) is 0 Å². The summed E-state index contributed by atoms with van der Waals surface area (Å²) in [5, 5.41) is 0.764. The second-order valence-electron chi connectivity index (χ2n) is 6.74. The summed E-state index contributed by atoms with van der Waals surface area (Å²) in [6.45, 7) is 1.92. The second-order valence-corrected chi connectivity index (χ2v) is 8.56. The molecule has 0 aliphatic heterocycles. The number of pyridine rings is 1. The SMILES string of the molecule is Bc1cnc2c(c1)c(-c1ccccc1OC)cn2S(=O)(=O)c1ccc(C)cc1. The predicted octanol–water partition coefficient (Wildman–Crippen LogP) is 2.52. The normalized spacial score (nSPS) is 11.6. The molecule has 4 rings (SSSR count). The Hall–Kier alpha value is -3.06. The highest BCUT2D eigenvalue weighted by molar-refractivity contribution is 7.90. The highest BCUT2D eigenvalue weighted by atomic mass is 32.2. The Kier molecular flexibility index (Phi) is 4.47. The number of nitrogens with zero attached hydrogens (tertiary/aromatic N) is 2. The number of fused-ring (bicyclic) bond motifs is 1. The third-order valence-electron chi connectivity index (χ3n) is 4.72. The van der Waals surface area contributed by atoms with Gasteiger partial charge in [-0.1, -0.05) is 47.4 Å². The summed E-state index contributed by atoms with van der Waals surface area (Å²) in [7, 11) is -0.252. The number of aryl methyl sites for hydroxylation is 1. The van der Waals surface area contributed by atoms with Crippen molar-refractivity contribution in [1.29, 1.82) is 0 Å². The molecule has 2 aromatic heterocycles. The van der Waals surface area contributed by atoms with E-state index in [-0.39, 0.29) is 4.90 Å². The average molecular weight is 390 g/mol. The van der Waals surface area contributed by atoms with Crippen molar-refractivity contribution in [3.63, 3.8) is 0 Å². The first kappa shape index (κ1) is 18.3. The van der Waals surface area contributed by atoms with Crippen molar-refractivity contribution in [3.05, 3.63) is 72.6 Å². The summed E-state index contributed by atoms with van der Waals surface area (Å²) in [5.41, 5.74) is 3.93. The lowest BCUT2D eigenvalue weighted by Gasteiger charge is -2.07. The molecule has 0 saturated heterocycles. The highest BCUT2D eigenvalue weighted by Crippen LogP contribution is 2.36. The lowest BCUT2D eigenvalue weighted by molar-refractivity contribution is 0.416. The molecule has 0 spiro atoms. The number of hydrogen-bond acceptors (Lipinski definition) is 4. The van der Waals surface area contributed by atoms with Crippen LogP contribution in [0.3, 0.4) is 0 Å². The number of benzene rings is 2. The van der Waals surface area contributed by atoms with Gasteiger partial charge in [-0.15, -0.1) is 0 Å². The maximum absolute atomic E-state index is 13.3. The molecule has 0 fully saturated rings. The van der Waals surface area contributed by atoms with Gasteiger partial charge in [-0.05, 0) is 25.1 Å². The molecule has 140 valence electrons. The van der Waals surface area contributed by atoms with Crippen molar-refractivity contribution in [3.8, 4) is 16.9 Å². The molecule has 4 aromatic rings. The van der Waals surface area contributed by atoms with E-state index in [1.807, 2.05) is 45.1 Å². The van der Waals surface area contributed by atoms with Crippen LogP contribution in [0.25, 0.3) is 22.2 Å². The zero-order chi connectivity index (χ0) is 19.9. The van der Waals surface area contributed by atoms with Crippen molar-refractivity contribution in [1.82, 2.24) is 8.96 Å². The summed E-state index contributed by atoms with van der Waals surface area (Å²) >= 11 is 0. The monoisotopic (exact) mass is 390 g/mol. The van der Waals surface area contributed by atoms with Gasteiger partial charge in [0, 0.05) is 28.9 Å². The molecular weight excluding hydrogens is 371 g/mol. The lowest BCUT2D eigenvalue weighted by Crippen LogP contribution is -2.13. The van der Waals surface area contributed by atoms with Gasteiger partial charge in [-0.25, -0.2) is 17.4 Å². The van der Waals surface area contributed by atoms with E-state index in [4.69, 9.17) is 4.74 Å². The zero-order valence-electron chi connectivity index (χ0n) is 15.9. The van der Waals surface area contributed by atoms with E-state index in [0.717, 1.165) is 27.5 Å². The van der Waals surface area contributed by atoms with E-state index >= 15 is 0 Å². The van der Waals surface area contributed by atoms with Gasteiger partial charge in [0.25, 0.3) is 10.0 Å². The molecule has 5 nitrogen and oxygen atoms in total. The number of aromatic nitrogens is 2. The van der Waals surface area contributed by atoms with Gasteiger partial charge >= 0.3 is 0 Å². The first-order chi connectivity index (χ1) is 13.4. The van der Waals surface area contributed by atoms with E-state index in [1.165, 1.54) is 3.97 Å². The van der Waals surface area contributed by atoms with Crippen LogP contribution in [0.4, 0.5) is 0 Å². The molecule has 7 heteroatoms. The van der Waals surface area contributed by atoms with Gasteiger partial charge in [0.05, 0.1) is 12.0 Å². The van der Waals surface area contributed by atoms with Crippen molar-refractivity contribution >= 4 is 34.4 Å². The molecule has 0 aliphatic carbocycles. The molecule has 0 aliphatic rings. The molecule has 0 N–H and O–H groups in total. The fourth-order valence-electron chi connectivity index (χ4n) is 3.27. The Balaban J connectivity index is 2.02. The van der Waals surface area contributed by atoms with Crippen LogP contribution < -0.4 is 10.2 Å². The van der Waals surface area contributed by atoms with Crippen molar-refractivity contribution < 1.29 is 13.2 Å². The van der Waals surface area contributed by atoms with E-state index in [2.05, 4.69) is 4.98 Å². The highest BCUT2D eigenvalue weighted by Gasteiger charge is 2.23. The quantitative estimate of drug-likeness (QED) is 0.503. The van der Waals surface area contributed by atoms with Gasteiger partial charge in [0.2, 0.25) is 0 Å². The molecule has 0 unspecified atom stereocenters. The first-order valence-electron chi connectivity index (χ1n) is 8.85. The molecule has 0 amide bonds. The Morgan fingerprint density at radius 1 is 1.04 bits per heavy atom. The van der Waals surface area contributed by atoms with Crippen LogP contribution in [0, 0.1) is 6.92 Å². The second kappa shape index (κ2) is 6.84. The minimum atomic E-state index is -3.79. The molecule has 0 atom stereocenters. The summed E-state index contributed by atoms with van der Waals surface area (Å²) in [6.07, 6.45) is 3.31. The Morgan fingerprint density at radius 2 is 1.75 bits per heavy atom. The third-order valence-corrected chi connectivity index (χ3v) is 6.39. The van der Waals surface area contributed by atoms with Crippen LogP contribution >= 0.6 is 0 Å². The maximum Gasteiger partial charge on any atom is 0.269 e. The minimum Gasteiger partial charge on any atom is -0.496 e. The van der Waals surface area contributed by atoms with Gasteiger partial charge in [-0.2, -0.15) is 0 Å². The van der Waals surface area contributed by atoms with E-state index in [0.29, 0.717) is 11.4 Å². The number of methoxy groups -OCH3 is 1. The maximum atomic E-state index is 13.3. The van der Waals surface area contributed by atoms with Crippen LogP contribution in [0.15, 0.2) is 71.9 Å². The van der Waals surface area contributed by atoms with Gasteiger partial charge in [0.1, 0.15) is 13.6 Å².